The van der Waals surface area contributed by atoms with Gasteiger partial charge in [-0.2, -0.15) is 5.10 Å². The summed E-state index contributed by atoms with van der Waals surface area (Å²) in [5.74, 6) is 1.63. The molecule has 0 unspecified atom stereocenters. The summed E-state index contributed by atoms with van der Waals surface area (Å²) in [5.41, 5.74) is 8.95. The molecule has 2 aromatic rings. The maximum atomic E-state index is 5.87. The van der Waals surface area contributed by atoms with Crippen LogP contribution in [0.15, 0.2) is 53.6 Å². The predicted molar refractivity (Wildman–Crippen MR) is 98.5 cm³/mol. The molecule has 6 heteroatoms. The number of nitrogens with two attached hydrogens (primary N) is 1. The van der Waals surface area contributed by atoms with Gasteiger partial charge in [0, 0.05) is 6.42 Å². The molecule has 0 bridgehead atoms. The SMILES string of the molecule is COc1ccc(C2=NN(C(N)=S)[C@@H](c3ccc(OC)cc3)C2)cc1. The van der Waals surface area contributed by atoms with E-state index >= 15 is 0 Å². The van der Waals surface area contributed by atoms with E-state index in [2.05, 4.69) is 5.10 Å². The van der Waals surface area contributed by atoms with Crippen molar-refractivity contribution in [3.05, 3.63) is 59.7 Å². The highest BCUT2D eigenvalue weighted by atomic mass is 32.1. The summed E-state index contributed by atoms with van der Waals surface area (Å²) in [5, 5.41) is 6.59. The van der Waals surface area contributed by atoms with Gasteiger partial charge in [-0.1, -0.05) is 12.1 Å². The fourth-order valence-corrected chi connectivity index (χ4v) is 2.93. The van der Waals surface area contributed by atoms with Gasteiger partial charge in [-0.25, -0.2) is 5.01 Å². The van der Waals surface area contributed by atoms with Crippen molar-refractivity contribution in [1.29, 1.82) is 0 Å². The van der Waals surface area contributed by atoms with E-state index in [1.807, 2.05) is 48.5 Å². The molecule has 124 valence electrons. The number of nitrogens with zero attached hydrogens (tertiary/aromatic N) is 2. The second-order valence-corrected chi connectivity index (χ2v) is 5.87. The largest absolute Gasteiger partial charge is 0.497 e. The van der Waals surface area contributed by atoms with E-state index in [1.165, 1.54) is 0 Å². The van der Waals surface area contributed by atoms with Gasteiger partial charge in [0.15, 0.2) is 5.11 Å². The number of thiocarbonyl (C=S) groups is 1. The maximum Gasteiger partial charge on any atom is 0.187 e. The lowest BCUT2D eigenvalue weighted by molar-refractivity contribution is 0.371. The number of benzene rings is 2. The second kappa shape index (κ2) is 6.88. The van der Waals surface area contributed by atoms with Gasteiger partial charge in [-0.3, -0.25) is 0 Å². The molecule has 0 saturated heterocycles. The zero-order valence-electron chi connectivity index (χ0n) is 13.6. The molecule has 0 amide bonds. The first-order valence-electron chi connectivity index (χ1n) is 7.57. The van der Waals surface area contributed by atoms with Gasteiger partial charge in [0.25, 0.3) is 0 Å². The lowest BCUT2D eigenvalue weighted by atomic mass is 9.98. The van der Waals surface area contributed by atoms with Crippen LogP contribution in [0.4, 0.5) is 0 Å². The van der Waals surface area contributed by atoms with E-state index in [1.54, 1.807) is 19.2 Å². The van der Waals surface area contributed by atoms with Crippen molar-refractivity contribution in [3.8, 4) is 11.5 Å². The number of methoxy groups -OCH3 is 2. The van der Waals surface area contributed by atoms with E-state index in [0.717, 1.165) is 34.8 Å². The van der Waals surface area contributed by atoms with Crippen molar-refractivity contribution in [2.75, 3.05) is 14.2 Å². The fraction of sp³-hybridized carbons (Fsp3) is 0.222. The van der Waals surface area contributed by atoms with Crippen LogP contribution in [-0.4, -0.2) is 30.1 Å². The predicted octanol–water partition coefficient (Wildman–Crippen LogP) is 3.10. The van der Waals surface area contributed by atoms with Crippen molar-refractivity contribution in [3.63, 3.8) is 0 Å². The van der Waals surface area contributed by atoms with Crippen LogP contribution in [0.2, 0.25) is 0 Å². The molecular formula is C18H19N3O2S. The van der Waals surface area contributed by atoms with Crippen molar-refractivity contribution in [2.24, 2.45) is 10.8 Å². The molecule has 24 heavy (non-hydrogen) atoms. The molecule has 5 nitrogen and oxygen atoms in total. The highest BCUT2D eigenvalue weighted by Crippen LogP contribution is 2.33. The van der Waals surface area contributed by atoms with Crippen LogP contribution < -0.4 is 15.2 Å². The summed E-state index contributed by atoms with van der Waals surface area (Å²) in [6, 6.07) is 15.7. The monoisotopic (exact) mass is 341 g/mol. The molecule has 1 aliphatic rings. The second-order valence-electron chi connectivity index (χ2n) is 5.45. The Morgan fingerprint density at radius 3 is 2.08 bits per heavy atom. The topological polar surface area (TPSA) is 60.1 Å². The highest BCUT2D eigenvalue weighted by Gasteiger charge is 2.30. The van der Waals surface area contributed by atoms with Gasteiger partial charge >= 0.3 is 0 Å². The summed E-state index contributed by atoms with van der Waals surface area (Å²) >= 11 is 5.18. The minimum Gasteiger partial charge on any atom is -0.497 e. The minimum absolute atomic E-state index is 0.00879. The zero-order chi connectivity index (χ0) is 17.1. The molecule has 0 spiro atoms. The maximum absolute atomic E-state index is 5.87. The lowest BCUT2D eigenvalue weighted by Crippen LogP contribution is -2.31. The van der Waals surface area contributed by atoms with Crippen molar-refractivity contribution in [2.45, 2.75) is 12.5 Å². The van der Waals surface area contributed by atoms with E-state index < -0.39 is 0 Å². The Balaban J connectivity index is 1.88. The first-order chi connectivity index (χ1) is 11.6. The zero-order valence-corrected chi connectivity index (χ0v) is 14.4. The van der Waals surface area contributed by atoms with Gasteiger partial charge in [0.1, 0.15) is 11.5 Å². The van der Waals surface area contributed by atoms with Gasteiger partial charge in [-0.15, -0.1) is 0 Å². The number of rotatable bonds is 4. The Morgan fingerprint density at radius 2 is 1.58 bits per heavy atom. The molecule has 0 aliphatic carbocycles. The number of hydrogen-bond acceptors (Lipinski definition) is 4. The average Bonchev–Trinajstić information content (AvgIpc) is 3.07. The molecule has 1 atom stereocenters. The van der Waals surface area contributed by atoms with Crippen LogP contribution in [0.1, 0.15) is 23.6 Å². The van der Waals surface area contributed by atoms with Crippen LogP contribution in [0.3, 0.4) is 0 Å². The first kappa shape index (κ1) is 16.3. The minimum atomic E-state index is -0.00879. The van der Waals surface area contributed by atoms with Gasteiger partial charge in [0.05, 0.1) is 26.0 Å². The normalized spacial score (nSPS) is 16.7. The quantitative estimate of drug-likeness (QED) is 0.866. The van der Waals surface area contributed by atoms with Crippen LogP contribution in [0.25, 0.3) is 0 Å². The molecule has 0 fully saturated rings. The summed E-state index contributed by atoms with van der Waals surface area (Å²) in [7, 11) is 3.30. The number of hydrogen-bond donors (Lipinski definition) is 1. The van der Waals surface area contributed by atoms with Crippen LogP contribution >= 0.6 is 12.2 Å². The molecule has 0 saturated carbocycles. The first-order valence-corrected chi connectivity index (χ1v) is 7.97. The van der Waals surface area contributed by atoms with Crippen molar-refractivity contribution < 1.29 is 9.47 Å². The Kier molecular flexibility index (Phi) is 4.66. The third kappa shape index (κ3) is 3.19. The molecule has 2 N–H and O–H groups in total. The van der Waals surface area contributed by atoms with Crippen LogP contribution in [-0.2, 0) is 0 Å². The third-order valence-electron chi connectivity index (χ3n) is 4.06. The Hall–Kier alpha value is -2.60. The third-order valence-corrected chi connectivity index (χ3v) is 4.25. The molecular weight excluding hydrogens is 322 g/mol. The molecule has 1 aliphatic heterocycles. The Bertz CT molecular complexity index is 757. The molecule has 0 aromatic heterocycles. The number of ether oxygens (including phenoxy) is 2. The van der Waals surface area contributed by atoms with Crippen molar-refractivity contribution >= 4 is 23.0 Å². The summed E-state index contributed by atoms with van der Waals surface area (Å²) in [6.45, 7) is 0. The van der Waals surface area contributed by atoms with Gasteiger partial charge in [-0.05, 0) is 59.7 Å². The smallest absolute Gasteiger partial charge is 0.187 e. The Morgan fingerprint density at radius 1 is 1.04 bits per heavy atom. The summed E-state index contributed by atoms with van der Waals surface area (Å²) < 4.78 is 10.4. The van der Waals surface area contributed by atoms with Crippen molar-refractivity contribution in [1.82, 2.24) is 5.01 Å². The van der Waals surface area contributed by atoms with Crippen LogP contribution in [0.5, 0.6) is 11.5 Å². The van der Waals surface area contributed by atoms with Gasteiger partial charge < -0.3 is 15.2 Å². The van der Waals surface area contributed by atoms with E-state index in [9.17, 15) is 0 Å². The summed E-state index contributed by atoms with van der Waals surface area (Å²) in [4.78, 5) is 0. The van der Waals surface area contributed by atoms with Crippen LogP contribution in [0, 0.1) is 0 Å². The summed E-state index contributed by atoms with van der Waals surface area (Å²) in [6.07, 6.45) is 0.732. The lowest BCUT2D eigenvalue weighted by Gasteiger charge is -2.22. The van der Waals surface area contributed by atoms with Gasteiger partial charge in [0.2, 0.25) is 0 Å². The van der Waals surface area contributed by atoms with E-state index in [4.69, 9.17) is 27.4 Å². The average molecular weight is 341 g/mol. The number of hydrazone groups is 1. The highest BCUT2D eigenvalue weighted by molar-refractivity contribution is 7.80. The molecule has 2 aromatic carbocycles. The fourth-order valence-electron chi connectivity index (χ4n) is 2.76. The Labute approximate surface area is 146 Å². The molecule has 1 heterocycles. The van der Waals surface area contributed by atoms with E-state index in [-0.39, 0.29) is 11.2 Å². The molecule has 0 radical (unpaired) electrons. The molecule has 3 rings (SSSR count). The standard InChI is InChI=1S/C18H19N3O2S/c1-22-14-7-3-12(4-8-14)16-11-17(21(20-16)18(19)24)13-5-9-15(23-2)10-6-13/h3-10,17H,11H2,1-2H3,(H2,19,24)/t17-/m1/s1. The van der Waals surface area contributed by atoms with E-state index in [0.29, 0.717) is 0 Å².